The number of aromatic nitrogens is 2. The van der Waals surface area contributed by atoms with Crippen LogP contribution in [0.25, 0.3) is 0 Å². The predicted molar refractivity (Wildman–Crippen MR) is 70.7 cm³/mol. The van der Waals surface area contributed by atoms with E-state index in [9.17, 15) is 0 Å². The van der Waals surface area contributed by atoms with Gasteiger partial charge < -0.3 is 15.1 Å². The van der Waals surface area contributed by atoms with Crippen LogP contribution in [-0.2, 0) is 6.54 Å². The lowest BCUT2D eigenvalue weighted by molar-refractivity contribution is 0.460. The van der Waals surface area contributed by atoms with Crippen LogP contribution < -0.4 is 10.6 Å². The maximum atomic E-state index is 5.50. The molecule has 18 heavy (non-hydrogen) atoms. The molecule has 0 aliphatic heterocycles. The second-order valence-electron chi connectivity index (χ2n) is 4.48. The number of nitrogens with zero attached hydrogens (tertiary/aromatic N) is 2. The Morgan fingerprint density at radius 3 is 2.72 bits per heavy atom. The third-order valence-corrected chi connectivity index (χ3v) is 2.52. The summed E-state index contributed by atoms with van der Waals surface area (Å²) in [4.78, 5) is 0. The van der Waals surface area contributed by atoms with Gasteiger partial charge >= 0.3 is 6.01 Å². The molecule has 0 saturated heterocycles. The molecule has 96 valence electrons. The first-order valence-electron chi connectivity index (χ1n) is 6.03. The molecule has 1 aromatic carbocycles. The molecule has 2 aromatic rings. The number of aryl methyl sites for hydroxylation is 1. The van der Waals surface area contributed by atoms with E-state index in [1.165, 1.54) is 0 Å². The molecule has 2 rings (SSSR count). The van der Waals surface area contributed by atoms with E-state index >= 15 is 0 Å². The number of anilines is 2. The first-order valence-corrected chi connectivity index (χ1v) is 6.03. The summed E-state index contributed by atoms with van der Waals surface area (Å²) in [6.07, 6.45) is 0. The normalized spacial score (nSPS) is 10.9. The average molecular weight is 246 g/mol. The molecule has 0 aliphatic rings. The van der Waals surface area contributed by atoms with Crippen LogP contribution in [0, 0.1) is 6.92 Å². The third-order valence-electron chi connectivity index (χ3n) is 2.52. The van der Waals surface area contributed by atoms with Gasteiger partial charge in [0.2, 0.25) is 5.89 Å². The monoisotopic (exact) mass is 246 g/mol. The van der Waals surface area contributed by atoms with Gasteiger partial charge in [-0.3, -0.25) is 0 Å². The Bertz CT molecular complexity index is 507. The van der Waals surface area contributed by atoms with Gasteiger partial charge in [-0.05, 0) is 18.6 Å². The molecular formula is C13H18N4O. The maximum absolute atomic E-state index is 5.50. The molecule has 0 unspecified atom stereocenters. The van der Waals surface area contributed by atoms with Crippen molar-refractivity contribution in [2.75, 3.05) is 5.32 Å². The van der Waals surface area contributed by atoms with Crippen LogP contribution in [0.5, 0.6) is 0 Å². The Labute approximate surface area is 107 Å². The van der Waals surface area contributed by atoms with Gasteiger partial charge in [-0.1, -0.05) is 37.1 Å². The molecule has 5 nitrogen and oxygen atoms in total. The van der Waals surface area contributed by atoms with E-state index < -0.39 is 0 Å². The summed E-state index contributed by atoms with van der Waals surface area (Å²) >= 11 is 0. The quantitative estimate of drug-likeness (QED) is 0.849. The molecule has 1 heterocycles. The van der Waals surface area contributed by atoms with Gasteiger partial charge in [-0.25, -0.2) is 0 Å². The van der Waals surface area contributed by atoms with Crippen LogP contribution in [0.15, 0.2) is 28.7 Å². The smallest absolute Gasteiger partial charge is 0.320 e. The zero-order valence-electron chi connectivity index (χ0n) is 10.9. The average Bonchev–Trinajstić information content (AvgIpc) is 2.77. The van der Waals surface area contributed by atoms with Crippen molar-refractivity contribution in [1.29, 1.82) is 0 Å². The van der Waals surface area contributed by atoms with Crippen molar-refractivity contribution in [2.45, 2.75) is 33.4 Å². The van der Waals surface area contributed by atoms with Crippen molar-refractivity contribution in [3.63, 3.8) is 0 Å². The van der Waals surface area contributed by atoms with Crippen LogP contribution in [0.4, 0.5) is 11.7 Å². The standard InChI is InChI=1S/C13H18N4O/c1-9(2)14-8-12-16-17-13(18-12)15-11-7-5-4-6-10(11)3/h4-7,9,14H,8H2,1-3H3,(H,15,17). The van der Waals surface area contributed by atoms with E-state index in [4.69, 9.17) is 4.42 Å². The summed E-state index contributed by atoms with van der Waals surface area (Å²) in [6, 6.07) is 8.78. The summed E-state index contributed by atoms with van der Waals surface area (Å²) in [7, 11) is 0. The summed E-state index contributed by atoms with van der Waals surface area (Å²) in [5.74, 6) is 0.583. The summed E-state index contributed by atoms with van der Waals surface area (Å²) < 4.78 is 5.50. The fourth-order valence-corrected chi connectivity index (χ4v) is 1.50. The molecule has 0 bridgehead atoms. The van der Waals surface area contributed by atoms with Crippen molar-refractivity contribution in [3.8, 4) is 0 Å². The molecule has 0 atom stereocenters. The van der Waals surface area contributed by atoms with E-state index in [1.807, 2.05) is 31.2 Å². The van der Waals surface area contributed by atoms with Gasteiger partial charge in [0.15, 0.2) is 0 Å². The van der Waals surface area contributed by atoms with Gasteiger partial charge in [0.25, 0.3) is 0 Å². The lowest BCUT2D eigenvalue weighted by atomic mass is 10.2. The highest BCUT2D eigenvalue weighted by Crippen LogP contribution is 2.18. The lowest BCUT2D eigenvalue weighted by Gasteiger charge is -2.05. The zero-order valence-corrected chi connectivity index (χ0v) is 10.9. The SMILES string of the molecule is Cc1ccccc1Nc1nnc(CNC(C)C)o1. The minimum atomic E-state index is 0.393. The van der Waals surface area contributed by atoms with Gasteiger partial charge in [-0.15, -0.1) is 5.10 Å². The largest absolute Gasteiger partial charge is 0.406 e. The molecule has 0 aliphatic carbocycles. The van der Waals surface area contributed by atoms with Crippen LogP contribution in [0.2, 0.25) is 0 Å². The molecule has 2 N–H and O–H groups in total. The number of para-hydroxylation sites is 1. The summed E-state index contributed by atoms with van der Waals surface area (Å²) in [5.41, 5.74) is 2.11. The van der Waals surface area contributed by atoms with Crippen molar-refractivity contribution in [3.05, 3.63) is 35.7 Å². The molecule has 0 fully saturated rings. The van der Waals surface area contributed by atoms with Crippen LogP contribution in [-0.4, -0.2) is 16.2 Å². The number of nitrogens with one attached hydrogen (secondary N) is 2. The minimum Gasteiger partial charge on any atom is -0.406 e. The molecule has 0 spiro atoms. The topological polar surface area (TPSA) is 63.0 Å². The molecule has 5 heteroatoms. The highest BCUT2D eigenvalue weighted by atomic mass is 16.4. The Balaban J connectivity index is 2.00. The van der Waals surface area contributed by atoms with Gasteiger partial charge in [0, 0.05) is 11.7 Å². The first-order chi connectivity index (χ1) is 8.65. The fourth-order valence-electron chi connectivity index (χ4n) is 1.50. The molecule has 0 amide bonds. The van der Waals surface area contributed by atoms with Crippen LogP contribution in [0.3, 0.4) is 0 Å². The van der Waals surface area contributed by atoms with E-state index in [2.05, 4.69) is 34.7 Å². The van der Waals surface area contributed by atoms with E-state index in [0.717, 1.165) is 11.3 Å². The Kier molecular flexibility index (Phi) is 3.94. The summed E-state index contributed by atoms with van der Waals surface area (Å²) in [5, 5.41) is 14.3. The number of hydrogen-bond acceptors (Lipinski definition) is 5. The van der Waals surface area contributed by atoms with Gasteiger partial charge in [-0.2, -0.15) is 0 Å². The Hall–Kier alpha value is -1.88. The van der Waals surface area contributed by atoms with Crippen molar-refractivity contribution in [2.24, 2.45) is 0 Å². The van der Waals surface area contributed by atoms with Gasteiger partial charge in [0.1, 0.15) is 0 Å². The lowest BCUT2D eigenvalue weighted by Crippen LogP contribution is -2.21. The zero-order chi connectivity index (χ0) is 13.0. The van der Waals surface area contributed by atoms with E-state index in [0.29, 0.717) is 24.5 Å². The molecule has 0 saturated carbocycles. The van der Waals surface area contributed by atoms with Crippen molar-refractivity contribution < 1.29 is 4.42 Å². The highest BCUT2D eigenvalue weighted by molar-refractivity contribution is 5.56. The third kappa shape index (κ3) is 3.30. The second kappa shape index (κ2) is 5.64. The van der Waals surface area contributed by atoms with Gasteiger partial charge in [0.05, 0.1) is 6.54 Å². The summed E-state index contributed by atoms with van der Waals surface area (Å²) in [6.45, 7) is 6.76. The van der Waals surface area contributed by atoms with E-state index in [1.54, 1.807) is 0 Å². The fraction of sp³-hybridized carbons (Fsp3) is 0.385. The molecule has 1 aromatic heterocycles. The van der Waals surface area contributed by atoms with E-state index in [-0.39, 0.29) is 0 Å². The predicted octanol–water partition coefficient (Wildman–Crippen LogP) is 2.62. The number of benzene rings is 1. The first kappa shape index (κ1) is 12.6. The van der Waals surface area contributed by atoms with Crippen LogP contribution in [0.1, 0.15) is 25.3 Å². The van der Waals surface area contributed by atoms with Crippen molar-refractivity contribution >= 4 is 11.7 Å². The number of hydrogen-bond donors (Lipinski definition) is 2. The minimum absolute atomic E-state index is 0.393. The second-order valence-corrected chi connectivity index (χ2v) is 4.48. The van der Waals surface area contributed by atoms with Crippen LogP contribution >= 0.6 is 0 Å². The number of rotatable bonds is 5. The Morgan fingerprint density at radius 1 is 1.22 bits per heavy atom. The molecule has 0 radical (unpaired) electrons. The Morgan fingerprint density at radius 2 is 2.00 bits per heavy atom. The van der Waals surface area contributed by atoms with Crippen molar-refractivity contribution in [1.82, 2.24) is 15.5 Å². The highest BCUT2D eigenvalue weighted by Gasteiger charge is 2.07. The maximum Gasteiger partial charge on any atom is 0.320 e. The molecular weight excluding hydrogens is 228 g/mol.